The summed E-state index contributed by atoms with van der Waals surface area (Å²) < 4.78 is 13.7. The molecular formula is C29H40O2. The molecule has 3 unspecified atom stereocenters. The molecule has 2 aromatic carbocycles. The van der Waals surface area contributed by atoms with Crippen molar-refractivity contribution < 1.29 is 9.47 Å². The molecule has 0 spiro atoms. The first-order chi connectivity index (χ1) is 14.2. The summed E-state index contributed by atoms with van der Waals surface area (Å²) >= 11 is 0. The third-order valence-corrected chi connectivity index (χ3v) is 8.50. The first-order valence-electron chi connectivity index (χ1n) is 11.8. The van der Waals surface area contributed by atoms with Gasteiger partial charge >= 0.3 is 0 Å². The lowest BCUT2D eigenvalue weighted by Gasteiger charge is -2.44. The van der Waals surface area contributed by atoms with Crippen molar-refractivity contribution in [2.45, 2.75) is 98.1 Å². The second kappa shape index (κ2) is 6.93. The molecule has 0 saturated carbocycles. The van der Waals surface area contributed by atoms with Gasteiger partial charge in [-0.3, -0.25) is 0 Å². The number of hydrogen-bond acceptors (Lipinski definition) is 2. The van der Waals surface area contributed by atoms with Gasteiger partial charge in [-0.25, -0.2) is 0 Å². The minimum absolute atomic E-state index is 0.0247. The molecule has 3 atom stereocenters. The smallest absolute Gasteiger partial charge is 0.0969 e. The summed E-state index contributed by atoms with van der Waals surface area (Å²) in [6.45, 7) is 20.5. The van der Waals surface area contributed by atoms with E-state index in [2.05, 4.69) is 111 Å². The molecule has 0 radical (unpaired) electrons. The zero-order valence-corrected chi connectivity index (χ0v) is 20.9. The predicted octanol–water partition coefficient (Wildman–Crippen LogP) is 8.01. The van der Waals surface area contributed by atoms with Gasteiger partial charge in [-0.05, 0) is 73.6 Å². The van der Waals surface area contributed by atoms with Crippen LogP contribution in [0.1, 0.15) is 104 Å². The van der Waals surface area contributed by atoms with Gasteiger partial charge in [0.25, 0.3) is 0 Å². The summed E-state index contributed by atoms with van der Waals surface area (Å²) in [4.78, 5) is 0. The van der Waals surface area contributed by atoms with Gasteiger partial charge in [0.15, 0.2) is 0 Å². The van der Waals surface area contributed by atoms with Crippen molar-refractivity contribution in [3.8, 4) is 0 Å². The van der Waals surface area contributed by atoms with Crippen LogP contribution in [0.3, 0.4) is 0 Å². The minimum atomic E-state index is -0.335. The van der Waals surface area contributed by atoms with Crippen LogP contribution in [-0.2, 0) is 26.3 Å². The van der Waals surface area contributed by atoms with Gasteiger partial charge in [-0.2, -0.15) is 0 Å². The normalized spacial score (nSPS) is 29.6. The van der Waals surface area contributed by atoms with E-state index in [1.54, 1.807) is 0 Å². The first-order valence-corrected chi connectivity index (χ1v) is 11.8. The maximum Gasteiger partial charge on any atom is 0.0969 e. The highest BCUT2D eigenvalue weighted by atomic mass is 16.5. The summed E-state index contributed by atoms with van der Waals surface area (Å²) in [6.07, 6.45) is 2.12. The number of rotatable bonds is 4. The van der Waals surface area contributed by atoms with Crippen LogP contribution in [0, 0.1) is 10.8 Å². The number of ether oxygens (including phenoxy) is 2. The summed E-state index contributed by atoms with van der Waals surface area (Å²) in [5.74, 6) is 0. The zero-order valence-electron chi connectivity index (χ0n) is 20.9. The van der Waals surface area contributed by atoms with E-state index in [9.17, 15) is 0 Å². The predicted molar refractivity (Wildman–Crippen MR) is 128 cm³/mol. The molecule has 31 heavy (non-hydrogen) atoms. The lowest BCUT2D eigenvalue weighted by molar-refractivity contribution is -0.180. The van der Waals surface area contributed by atoms with Crippen LogP contribution < -0.4 is 0 Å². The molecule has 0 aromatic heterocycles. The van der Waals surface area contributed by atoms with Gasteiger partial charge in [0.05, 0.1) is 22.9 Å². The van der Waals surface area contributed by atoms with Crippen molar-refractivity contribution in [3.05, 3.63) is 70.8 Å². The van der Waals surface area contributed by atoms with Crippen molar-refractivity contribution in [1.29, 1.82) is 0 Å². The molecule has 0 N–H and O–H groups in total. The largest absolute Gasteiger partial charge is 0.362 e. The lowest BCUT2D eigenvalue weighted by Crippen LogP contribution is -2.41. The Morgan fingerprint density at radius 3 is 1.90 bits per heavy atom. The molecule has 2 aromatic rings. The van der Waals surface area contributed by atoms with E-state index < -0.39 is 0 Å². The Bertz CT molecular complexity index is 980. The van der Waals surface area contributed by atoms with Gasteiger partial charge in [0, 0.05) is 0 Å². The molecule has 4 rings (SSSR count). The van der Waals surface area contributed by atoms with Gasteiger partial charge in [0.1, 0.15) is 0 Å². The van der Waals surface area contributed by atoms with Gasteiger partial charge in [-0.15, -0.1) is 0 Å². The Morgan fingerprint density at radius 1 is 0.742 bits per heavy atom. The number of hydrogen-bond donors (Lipinski definition) is 0. The molecule has 0 fully saturated rings. The third-order valence-electron chi connectivity index (χ3n) is 8.50. The third kappa shape index (κ3) is 3.29. The van der Waals surface area contributed by atoms with Gasteiger partial charge in [-0.1, -0.05) is 83.1 Å². The molecule has 2 nitrogen and oxygen atoms in total. The monoisotopic (exact) mass is 420 g/mol. The standard InChI is InChI=1S/C29H40O2/c1-25(2,3)28(8)21-15-11-10-14-20(21)24(30-28)18-19-26(4,5)29(9)23-17-13-12-16-22(23)27(6,7)31-29/h10-17,24H,18-19H2,1-9H3. The average Bonchev–Trinajstić information content (AvgIpc) is 3.11. The lowest BCUT2D eigenvalue weighted by atomic mass is 9.68. The maximum atomic E-state index is 6.84. The molecule has 2 aliphatic rings. The summed E-state index contributed by atoms with van der Waals surface area (Å²) in [7, 11) is 0. The van der Waals surface area contributed by atoms with Crippen LogP contribution in [0.4, 0.5) is 0 Å². The van der Waals surface area contributed by atoms with E-state index in [-0.39, 0.29) is 33.7 Å². The van der Waals surface area contributed by atoms with Crippen molar-refractivity contribution >= 4 is 0 Å². The van der Waals surface area contributed by atoms with Gasteiger partial charge < -0.3 is 9.47 Å². The Hall–Kier alpha value is -1.64. The van der Waals surface area contributed by atoms with Crippen LogP contribution in [0.5, 0.6) is 0 Å². The molecule has 0 aliphatic carbocycles. The highest BCUT2D eigenvalue weighted by Gasteiger charge is 2.54. The zero-order chi connectivity index (χ0) is 22.9. The molecule has 2 heterocycles. The van der Waals surface area contributed by atoms with E-state index >= 15 is 0 Å². The van der Waals surface area contributed by atoms with E-state index in [1.807, 2.05) is 0 Å². The fraction of sp³-hybridized carbons (Fsp3) is 0.586. The minimum Gasteiger partial charge on any atom is -0.362 e. The van der Waals surface area contributed by atoms with Crippen molar-refractivity contribution in [3.63, 3.8) is 0 Å². The molecule has 168 valence electrons. The van der Waals surface area contributed by atoms with Crippen molar-refractivity contribution in [1.82, 2.24) is 0 Å². The van der Waals surface area contributed by atoms with Crippen LogP contribution in [0.2, 0.25) is 0 Å². The summed E-state index contributed by atoms with van der Waals surface area (Å²) in [5, 5.41) is 0. The first kappa shape index (κ1) is 22.6. The van der Waals surface area contributed by atoms with Crippen LogP contribution >= 0.6 is 0 Å². The quantitative estimate of drug-likeness (QED) is 0.499. The second-order valence-corrected chi connectivity index (χ2v) is 12.1. The van der Waals surface area contributed by atoms with Crippen LogP contribution in [0.25, 0.3) is 0 Å². The summed E-state index contributed by atoms with van der Waals surface area (Å²) in [5.41, 5.74) is 4.44. The second-order valence-electron chi connectivity index (χ2n) is 12.1. The highest BCUT2D eigenvalue weighted by Crippen LogP contribution is 2.58. The molecule has 2 heteroatoms. The Labute approximate surface area is 189 Å². The van der Waals surface area contributed by atoms with Crippen LogP contribution in [0.15, 0.2) is 48.5 Å². The van der Waals surface area contributed by atoms with E-state index in [4.69, 9.17) is 9.47 Å². The van der Waals surface area contributed by atoms with E-state index in [0.717, 1.165) is 12.8 Å². The Kier molecular flexibility index (Phi) is 5.04. The van der Waals surface area contributed by atoms with Crippen LogP contribution in [-0.4, -0.2) is 0 Å². The van der Waals surface area contributed by atoms with Crippen molar-refractivity contribution in [2.24, 2.45) is 10.8 Å². The number of fused-ring (bicyclic) bond motifs is 2. The number of benzene rings is 2. The van der Waals surface area contributed by atoms with Gasteiger partial charge in [0.2, 0.25) is 0 Å². The van der Waals surface area contributed by atoms with E-state index in [0.29, 0.717) is 0 Å². The molecule has 0 saturated heterocycles. The molecule has 0 bridgehead atoms. The van der Waals surface area contributed by atoms with E-state index in [1.165, 1.54) is 22.3 Å². The fourth-order valence-electron chi connectivity index (χ4n) is 5.70. The molecular weight excluding hydrogens is 380 g/mol. The maximum absolute atomic E-state index is 6.84. The molecule has 2 aliphatic heterocycles. The fourth-order valence-corrected chi connectivity index (χ4v) is 5.70. The average molecular weight is 421 g/mol. The Balaban J connectivity index is 1.62. The SMILES string of the molecule is CC1(C)OC(C)(C(C)(C)CCC2OC(C)(C(C)(C)C)c3ccccc32)c2ccccc21. The summed E-state index contributed by atoms with van der Waals surface area (Å²) in [6, 6.07) is 17.6. The Morgan fingerprint density at radius 2 is 1.29 bits per heavy atom. The highest BCUT2D eigenvalue weighted by molar-refractivity contribution is 5.42. The van der Waals surface area contributed by atoms with Crippen molar-refractivity contribution in [2.75, 3.05) is 0 Å². The topological polar surface area (TPSA) is 18.5 Å². The molecule has 0 amide bonds.